The maximum atomic E-state index is 12.2. The van der Waals surface area contributed by atoms with Crippen molar-refractivity contribution in [1.82, 2.24) is 0 Å². The van der Waals surface area contributed by atoms with E-state index in [9.17, 15) is 4.79 Å². The third-order valence-electron chi connectivity index (χ3n) is 4.70. The molecular formula is C18H22O3. The van der Waals surface area contributed by atoms with Crippen LogP contribution in [0.2, 0.25) is 0 Å². The van der Waals surface area contributed by atoms with Crippen LogP contribution in [-0.4, -0.2) is 18.5 Å². The molecule has 3 unspecified atom stereocenters. The highest BCUT2D eigenvalue weighted by Gasteiger charge is 2.25. The Kier molecular flexibility index (Phi) is 4.11. The van der Waals surface area contributed by atoms with E-state index in [0.717, 1.165) is 29.7 Å². The SMILES string of the molecule is CC1CCC(OCC(=O)c2cc3ccccc3o2)CC1C. The number of fused-ring (bicyclic) bond motifs is 1. The molecule has 3 atom stereocenters. The monoisotopic (exact) mass is 286 g/mol. The minimum Gasteiger partial charge on any atom is -0.453 e. The smallest absolute Gasteiger partial charge is 0.223 e. The van der Waals surface area contributed by atoms with Crippen LogP contribution in [0, 0.1) is 11.8 Å². The molecule has 1 heterocycles. The van der Waals surface area contributed by atoms with E-state index in [0.29, 0.717) is 11.7 Å². The van der Waals surface area contributed by atoms with Crippen LogP contribution in [-0.2, 0) is 4.74 Å². The first-order valence-electron chi connectivity index (χ1n) is 7.77. The van der Waals surface area contributed by atoms with E-state index in [1.165, 1.54) is 6.42 Å². The first-order chi connectivity index (χ1) is 10.1. The molecule has 1 aliphatic carbocycles. The van der Waals surface area contributed by atoms with Gasteiger partial charge in [0, 0.05) is 5.39 Å². The molecular weight excluding hydrogens is 264 g/mol. The zero-order valence-corrected chi connectivity index (χ0v) is 12.7. The Morgan fingerprint density at radius 2 is 2.05 bits per heavy atom. The van der Waals surface area contributed by atoms with E-state index in [1.54, 1.807) is 6.07 Å². The van der Waals surface area contributed by atoms with E-state index in [1.807, 2.05) is 24.3 Å². The van der Waals surface area contributed by atoms with Gasteiger partial charge in [0.25, 0.3) is 0 Å². The number of rotatable bonds is 4. The summed E-state index contributed by atoms with van der Waals surface area (Å²) < 4.78 is 11.4. The second kappa shape index (κ2) is 6.02. The molecule has 3 rings (SSSR count). The van der Waals surface area contributed by atoms with Crippen LogP contribution in [0.15, 0.2) is 34.7 Å². The average Bonchev–Trinajstić information content (AvgIpc) is 2.92. The minimum atomic E-state index is -0.0718. The van der Waals surface area contributed by atoms with Gasteiger partial charge in [-0.15, -0.1) is 0 Å². The van der Waals surface area contributed by atoms with Crippen molar-refractivity contribution in [2.45, 2.75) is 39.2 Å². The number of ketones is 1. The van der Waals surface area contributed by atoms with Crippen molar-refractivity contribution in [1.29, 1.82) is 0 Å². The molecule has 0 bridgehead atoms. The molecule has 0 amide bonds. The summed E-state index contributed by atoms with van der Waals surface area (Å²) in [4.78, 5) is 12.2. The summed E-state index contributed by atoms with van der Waals surface area (Å²) in [6, 6.07) is 9.46. The number of para-hydroxylation sites is 1. The Morgan fingerprint density at radius 3 is 2.81 bits per heavy atom. The van der Waals surface area contributed by atoms with Crippen molar-refractivity contribution in [2.75, 3.05) is 6.61 Å². The molecule has 0 N–H and O–H groups in total. The number of furan rings is 1. The zero-order chi connectivity index (χ0) is 14.8. The van der Waals surface area contributed by atoms with Gasteiger partial charge in [-0.1, -0.05) is 32.0 Å². The predicted molar refractivity (Wildman–Crippen MR) is 82.5 cm³/mol. The van der Waals surface area contributed by atoms with Crippen LogP contribution in [0.5, 0.6) is 0 Å². The quantitative estimate of drug-likeness (QED) is 0.779. The summed E-state index contributed by atoms with van der Waals surface area (Å²) in [6.07, 6.45) is 3.50. The molecule has 1 aromatic carbocycles. The van der Waals surface area contributed by atoms with Gasteiger partial charge in [0.15, 0.2) is 5.76 Å². The van der Waals surface area contributed by atoms with Crippen molar-refractivity contribution in [3.8, 4) is 0 Å². The number of hydrogen-bond donors (Lipinski definition) is 0. The lowest BCUT2D eigenvalue weighted by atomic mass is 9.80. The average molecular weight is 286 g/mol. The lowest BCUT2D eigenvalue weighted by Crippen LogP contribution is -2.28. The van der Waals surface area contributed by atoms with Crippen LogP contribution in [0.4, 0.5) is 0 Å². The first kappa shape index (κ1) is 14.3. The Labute approximate surface area is 125 Å². The predicted octanol–water partition coefficient (Wildman–Crippen LogP) is 4.46. The molecule has 1 fully saturated rings. The highest BCUT2D eigenvalue weighted by molar-refractivity contribution is 5.98. The van der Waals surface area contributed by atoms with Gasteiger partial charge in [-0.2, -0.15) is 0 Å². The van der Waals surface area contributed by atoms with Gasteiger partial charge in [-0.05, 0) is 43.2 Å². The van der Waals surface area contributed by atoms with Crippen LogP contribution in [0.25, 0.3) is 11.0 Å². The topological polar surface area (TPSA) is 39.4 Å². The van der Waals surface area contributed by atoms with Gasteiger partial charge in [-0.25, -0.2) is 0 Å². The Bertz CT molecular complexity index is 595. The highest BCUT2D eigenvalue weighted by atomic mass is 16.5. The molecule has 3 heteroatoms. The number of carbonyl (C=O) groups excluding carboxylic acids is 1. The lowest BCUT2D eigenvalue weighted by molar-refractivity contribution is 0.00624. The van der Waals surface area contributed by atoms with E-state index in [-0.39, 0.29) is 18.5 Å². The molecule has 0 spiro atoms. The van der Waals surface area contributed by atoms with Gasteiger partial charge in [0.1, 0.15) is 12.2 Å². The van der Waals surface area contributed by atoms with Crippen molar-refractivity contribution in [3.05, 3.63) is 36.1 Å². The van der Waals surface area contributed by atoms with Gasteiger partial charge in [-0.3, -0.25) is 4.79 Å². The molecule has 1 aliphatic rings. The van der Waals surface area contributed by atoms with Crippen molar-refractivity contribution >= 4 is 16.8 Å². The number of benzene rings is 1. The van der Waals surface area contributed by atoms with Crippen molar-refractivity contribution in [3.63, 3.8) is 0 Å². The van der Waals surface area contributed by atoms with E-state index < -0.39 is 0 Å². The summed E-state index contributed by atoms with van der Waals surface area (Å²) >= 11 is 0. The standard InChI is InChI=1S/C18H22O3/c1-12-7-8-15(9-13(12)2)20-11-16(19)18-10-14-5-3-4-6-17(14)21-18/h3-6,10,12-13,15H,7-9,11H2,1-2H3. The van der Waals surface area contributed by atoms with Crippen molar-refractivity contribution in [2.24, 2.45) is 11.8 Å². The third-order valence-corrected chi connectivity index (χ3v) is 4.70. The van der Waals surface area contributed by atoms with Crippen LogP contribution in [0.3, 0.4) is 0 Å². The Morgan fingerprint density at radius 1 is 1.24 bits per heavy atom. The molecule has 1 saturated carbocycles. The molecule has 1 aromatic heterocycles. The minimum absolute atomic E-state index is 0.0718. The molecule has 0 saturated heterocycles. The van der Waals surface area contributed by atoms with Crippen molar-refractivity contribution < 1.29 is 13.9 Å². The Balaban J connectivity index is 1.59. The maximum absolute atomic E-state index is 12.2. The number of ether oxygens (including phenoxy) is 1. The van der Waals surface area contributed by atoms with E-state index in [2.05, 4.69) is 13.8 Å². The fraction of sp³-hybridized carbons (Fsp3) is 0.500. The number of Topliss-reactive ketones (excluding diaryl/α,β-unsaturated/α-hetero) is 1. The second-order valence-electron chi connectivity index (χ2n) is 6.27. The zero-order valence-electron chi connectivity index (χ0n) is 12.7. The largest absolute Gasteiger partial charge is 0.453 e. The number of hydrogen-bond acceptors (Lipinski definition) is 3. The molecule has 112 valence electrons. The molecule has 2 aromatic rings. The summed E-state index contributed by atoms with van der Waals surface area (Å²) in [5, 5.41) is 0.959. The lowest BCUT2D eigenvalue weighted by Gasteiger charge is -2.31. The van der Waals surface area contributed by atoms with Crippen LogP contribution in [0.1, 0.15) is 43.7 Å². The molecule has 0 radical (unpaired) electrons. The fourth-order valence-corrected chi connectivity index (χ4v) is 3.03. The van der Waals surface area contributed by atoms with E-state index in [4.69, 9.17) is 9.15 Å². The first-order valence-corrected chi connectivity index (χ1v) is 7.77. The summed E-state index contributed by atoms with van der Waals surface area (Å²) in [6.45, 7) is 4.67. The van der Waals surface area contributed by atoms with Gasteiger partial charge >= 0.3 is 0 Å². The highest BCUT2D eigenvalue weighted by Crippen LogP contribution is 2.31. The summed E-state index contributed by atoms with van der Waals surface area (Å²) in [7, 11) is 0. The molecule has 3 nitrogen and oxygen atoms in total. The van der Waals surface area contributed by atoms with E-state index >= 15 is 0 Å². The molecule has 21 heavy (non-hydrogen) atoms. The Hall–Kier alpha value is -1.61. The van der Waals surface area contributed by atoms with Crippen LogP contribution < -0.4 is 0 Å². The maximum Gasteiger partial charge on any atom is 0.223 e. The van der Waals surface area contributed by atoms with Crippen LogP contribution >= 0.6 is 0 Å². The third kappa shape index (κ3) is 3.18. The summed E-state index contributed by atoms with van der Waals surface area (Å²) in [5.41, 5.74) is 0.751. The fourth-order valence-electron chi connectivity index (χ4n) is 3.03. The van der Waals surface area contributed by atoms with Gasteiger partial charge in [0.2, 0.25) is 5.78 Å². The number of carbonyl (C=O) groups is 1. The summed E-state index contributed by atoms with van der Waals surface area (Å²) in [5.74, 6) is 1.76. The normalized spacial score (nSPS) is 26.1. The molecule has 0 aliphatic heterocycles. The van der Waals surface area contributed by atoms with Gasteiger partial charge < -0.3 is 9.15 Å². The second-order valence-corrected chi connectivity index (χ2v) is 6.27. The van der Waals surface area contributed by atoms with Gasteiger partial charge in [0.05, 0.1) is 6.10 Å².